The van der Waals surface area contributed by atoms with Crippen LogP contribution in [0.3, 0.4) is 0 Å². The van der Waals surface area contributed by atoms with Gasteiger partial charge in [-0.3, -0.25) is 14.5 Å². The number of fused-ring (bicyclic) bond motifs is 1. The molecule has 5 rings (SSSR count). The van der Waals surface area contributed by atoms with Crippen LogP contribution in [-0.4, -0.2) is 53.8 Å². The maximum atomic E-state index is 13.8. The number of amides is 2. The Balaban J connectivity index is 1.27. The maximum Gasteiger partial charge on any atom is 0.230 e. The van der Waals surface area contributed by atoms with Crippen LogP contribution in [0.25, 0.3) is 0 Å². The van der Waals surface area contributed by atoms with Crippen molar-refractivity contribution in [3.05, 3.63) is 65.7 Å². The monoisotopic (exact) mass is 459 g/mol. The molecule has 1 unspecified atom stereocenters. The predicted molar refractivity (Wildman–Crippen MR) is 136 cm³/mol. The van der Waals surface area contributed by atoms with Gasteiger partial charge in [0.25, 0.3) is 0 Å². The Morgan fingerprint density at radius 1 is 0.971 bits per heavy atom. The van der Waals surface area contributed by atoms with Crippen molar-refractivity contribution in [2.24, 2.45) is 5.92 Å². The van der Waals surface area contributed by atoms with Crippen molar-refractivity contribution in [3.63, 3.8) is 0 Å². The second kappa shape index (κ2) is 10.3. The SMILES string of the molecule is CCC(C(=O)N1CCCC[C@H]2CN(Cc3ccc(N4CCCC4=O)cc3)C[C@H]21)c1ccccc1. The summed E-state index contributed by atoms with van der Waals surface area (Å²) in [5.41, 5.74) is 3.43. The lowest BCUT2D eigenvalue weighted by atomic mass is 9.93. The Morgan fingerprint density at radius 2 is 1.76 bits per heavy atom. The van der Waals surface area contributed by atoms with E-state index in [1.54, 1.807) is 0 Å². The standard InChI is InChI=1S/C29H37N3O2/c1-2-26(23-9-4-3-5-10-23)29(34)32-17-7-6-11-24-20-30(21-27(24)32)19-22-13-15-25(16-14-22)31-18-8-12-28(31)33/h3-5,9-10,13-16,24,26-27H,2,6-8,11-12,17-21H2,1H3/t24-,26?,27+/m0/s1. The van der Waals surface area contributed by atoms with Crippen LogP contribution in [0.4, 0.5) is 5.69 Å². The number of hydrogen-bond acceptors (Lipinski definition) is 3. The first-order valence-electron chi connectivity index (χ1n) is 13.1. The third-order valence-corrected chi connectivity index (χ3v) is 8.03. The molecule has 0 radical (unpaired) electrons. The van der Waals surface area contributed by atoms with Gasteiger partial charge in [-0.05, 0) is 54.9 Å². The fourth-order valence-corrected chi connectivity index (χ4v) is 6.23. The largest absolute Gasteiger partial charge is 0.338 e. The number of benzene rings is 2. The number of carbonyl (C=O) groups excluding carboxylic acids is 2. The molecule has 5 nitrogen and oxygen atoms in total. The number of nitrogens with zero attached hydrogens (tertiary/aromatic N) is 3. The summed E-state index contributed by atoms with van der Waals surface area (Å²) in [6, 6.07) is 19.1. The van der Waals surface area contributed by atoms with Gasteiger partial charge in [0, 0.05) is 50.9 Å². The summed E-state index contributed by atoms with van der Waals surface area (Å²) in [6.45, 7) is 6.76. The van der Waals surface area contributed by atoms with Gasteiger partial charge in [-0.2, -0.15) is 0 Å². The second-order valence-electron chi connectivity index (χ2n) is 10.2. The van der Waals surface area contributed by atoms with Crippen LogP contribution in [0.1, 0.15) is 62.5 Å². The highest BCUT2D eigenvalue weighted by molar-refractivity contribution is 5.95. The molecule has 3 fully saturated rings. The Hall–Kier alpha value is -2.66. The Kier molecular flexibility index (Phi) is 7.00. The average Bonchev–Trinajstić information content (AvgIpc) is 3.41. The van der Waals surface area contributed by atoms with Gasteiger partial charge in [-0.1, -0.05) is 55.8 Å². The van der Waals surface area contributed by atoms with Crippen LogP contribution in [-0.2, 0) is 16.1 Å². The van der Waals surface area contributed by atoms with Crippen molar-refractivity contribution in [1.29, 1.82) is 0 Å². The van der Waals surface area contributed by atoms with Gasteiger partial charge in [-0.25, -0.2) is 0 Å². The van der Waals surface area contributed by atoms with Gasteiger partial charge in [0.2, 0.25) is 11.8 Å². The zero-order valence-corrected chi connectivity index (χ0v) is 20.4. The van der Waals surface area contributed by atoms with Crippen LogP contribution in [0, 0.1) is 5.92 Å². The highest BCUT2D eigenvalue weighted by Crippen LogP contribution is 2.34. The maximum absolute atomic E-state index is 13.8. The Morgan fingerprint density at radius 3 is 2.47 bits per heavy atom. The van der Waals surface area contributed by atoms with Crippen LogP contribution in [0.15, 0.2) is 54.6 Å². The van der Waals surface area contributed by atoms with E-state index in [0.717, 1.165) is 63.2 Å². The first-order chi connectivity index (χ1) is 16.6. The molecule has 3 aliphatic heterocycles. The number of carbonyl (C=O) groups is 2. The number of anilines is 1. The molecule has 180 valence electrons. The minimum atomic E-state index is -0.0464. The van der Waals surface area contributed by atoms with E-state index in [2.05, 4.69) is 53.1 Å². The van der Waals surface area contributed by atoms with E-state index in [9.17, 15) is 9.59 Å². The quantitative estimate of drug-likeness (QED) is 0.622. The normalized spacial score (nSPS) is 24.2. The number of hydrogen-bond donors (Lipinski definition) is 0. The summed E-state index contributed by atoms with van der Waals surface area (Å²) in [4.78, 5) is 32.5. The summed E-state index contributed by atoms with van der Waals surface area (Å²) in [7, 11) is 0. The van der Waals surface area contributed by atoms with E-state index in [0.29, 0.717) is 24.3 Å². The summed E-state index contributed by atoms with van der Waals surface area (Å²) in [6.07, 6.45) is 5.99. The van der Waals surface area contributed by atoms with E-state index < -0.39 is 0 Å². The summed E-state index contributed by atoms with van der Waals surface area (Å²) in [5.74, 6) is 1.06. The van der Waals surface area contributed by atoms with Crippen molar-refractivity contribution in [1.82, 2.24) is 9.80 Å². The molecule has 3 heterocycles. The molecule has 0 bridgehead atoms. The van der Waals surface area contributed by atoms with E-state index in [4.69, 9.17) is 0 Å². The first kappa shape index (κ1) is 23.1. The van der Waals surface area contributed by atoms with Crippen molar-refractivity contribution in [2.45, 2.75) is 64.0 Å². The molecule has 0 aliphatic carbocycles. The van der Waals surface area contributed by atoms with Crippen LogP contribution in [0.2, 0.25) is 0 Å². The third kappa shape index (κ3) is 4.76. The number of rotatable bonds is 6. The lowest BCUT2D eigenvalue weighted by Crippen LogP contribution is -2.46. The average molecular weight is 460 g/mol. The fourth-order valence-electron chi connectivity index (χ4n) is 6.23. The molecule has 3 atom stereocenters. The smallest absolute Gasteiger partial charge is 0.230 e. The van der Waals surface area contributed by atoms with Gasteiger partial charge in [0.15, 0.2) is 0 Å². The van der Waals surface area contributed by atoms with Crippen molar-refractivity contribution < 1.29 is 9.59 Å². The molecule has 3 saturated heterocycles. The van der Waals surface area contributed by atoms with Crippen LogP contribution >= 0.6 is 0 Å². The minimum Gasteiger partial charge on any atom is -0.338 e. The Labute approximate surface area is 203 Å². The highest BCUT2D eigenvalue weighted by Gasteiger charge is 2.41. The summed E-state index contributed by atoms with van der Waals surface area (Å²) >= 11 is 0. The van der Waals surface area contributed by atoms with Crippen LogP contribution in [0.5, 0.6) is 0 Å². The lowest BCUT2D eigenvalue weighted by Gasteiger charge is -2.33. The highest BCUT2D eigenvalue weighted by atomic mass is 16.2. The zero-order valence-electron chi connectivity index (χ0n) is 20.4. The van der Waals surface area contributed by atoms with Crippen molar-refractivity contribution in [3.8, 4) is 0 Å². The molecule has 2 aromatic carbocycles. The molecule has 2 amide bonds. The third-order valence-electron chi connectivity index (χ3n) is 8.03. The fraction of sp³-hybridized carbons (Fsp3) is 0.517. The van der Waals surface area contributed by atoms with Gasteiger partial charge < -0.3 is 9.80 Å². The van der Waals surface area contributed by atoms with Crippen molar-refractivity contribution in [2.75, 3.05) is 31.1 Å². The van der Waals surface area contributed by atoms with Gasteiger partial charge >= 0.3 is 0 Å². The Bertz CT molecular complexity index is 990. The van der Waals surface area contributed by atoms with Crippen LogP contribution < -0.4 is 4.90 Å². The van der Waals surface area contributed by atoms with E-state index in [-0.39, 0.29) is 11.8 Å². The molecule has 2 aromatic rings. The summed E-state index contributed by atoms with van der Waals surface area (Å²) < 4.78 is 0. The van der Waals surface area contributed by atoms with Crippen molar-refractivity contribution >= 4 is 17.5 Å². The first-order valence-corrected chi connectivity index (χ1v) is 13.1. The lowest BCUT2D eigenvalue weighted by molar-refractivity contribution is -0.135. The molecular weight excluding hydrogens is 422 g/mol. The molecule has 0 N–H and O–H groups in total. The molecule has 0 saturated carbocycles. The molecule has 5 heteroatoms. The topological polar surface area (TPSA) is 43.9 Å². The van der Waals surface area contributed by atoms with E-state index in [1.165, 1.54) is 18.4 Å². The number of likely N-dealkylation sites (tertiary alicyclic amines) is 2. The predicted octanol–water partition coefficient (Wildman–Crippen LogP) is 4.82. The van der Waals surface area contributed by atoms with Gasteiger partial charge in [0.05, 0.1) is 5.92 Å². The van der Waals surface area contributed by atoms with E-state index >= 15 is 0 Å². The zero-order chi connectivity index (χ0) is 23.5. The molecule has 34 heavy (non-hydrogen) atoms. The molecule has 0 spiro atoms. The summed E-state index contributed by atoms with van der Waals surface area (Å²) in [5, 5.41) is 0. The second-order valence-corrected chi connectivity index (χ2v) is 10.2. The molecule has 0 aromatic heterocycles. The minimum absolute atomic E-state index is 0.0464. The molecule has 3 aliphatic rings. The van der Waals surface area contributed by atoms with E-state index in [1.807, 2.05) is 23.1 Å². The van der Waals surface area contributed by atoms with Gasteiger partial charge in [0.1, 0.15) is 0 Å². The van der Waals surface area contributed by atoms with Gasteiger partial charge in [-0.15, -0.1) is 0 Å². The molecular formula is C29H37N3O2.